The lowest BCUT2D eigenvalue weighted by atomic mass is 9.74. The molecule has 6 nitrogen and oxygen atoms in total. The van der Waals surface area contributed by atoms with Gasteiger partial charge in [-0.3, -0.25) is 9.59 Å². The Morgan fingerprint density at radius 3 is 2.40 bits per heavy atom. The Morgan fingerprint density at radius 2 is 1.90 bits per heavy atom. The van der Waals surface area contributed by atoms with Crippen LogP contribution in [0.5, 0.6) is 0 Å². The lowest BCUT2D eigenvalue weighted by Gasteiger charge is -2.30. The van der Waals surface area contributed by atoms with Crippen molar-refractivity contribution in [2.24, 2.45) is 22.4 Å². The van der Waals surface area contributed by atoms with Gasteiger partial charge in [-0.25, -0.2) is 0 Å². The highest BCUT2D eigenvalue weighted by molar-refractivity contribution is 6.07. The van der Waals surface area contributed by atoms with Crippen molar-refractivity contribution in [3.8, 4) is 0 Å². The molecule has 112 valence electrons. The minimum atomic E-state index is -1.32. The number of hydrogen-bond donors (Lipinski definition) is 1. The van der Waals surface area contributed by atoms with Crippen LogP contribution in [0.2, 0.25) is 0 Å². The largest absolute Gasteiger partial charge is 0.465 e. The third-order valence-electron chi connectivity index (χ3n) is 4.39. The van der Waals surface area contributed by atoms with Crippen molar-refractivity contribution in [1.29, 1.82) is 0 Å². The summed E-state index contributed by atoms with van der Waals surface area (Å²) in [7, 11) is 0. The lowest BCUT2D eigenvalue weighted by Crippen LogP contribution is -2.47. The minimum Gasteiger partial charge on any atom is -0.465 e. The molecule has 6 heteroatoms. The van der Waals surface area contributed by atoms with Crippen molar-refractivity contribution < 1.29 is 24.3 Å². The average Bonchev–Trinajstić information content (AvgIpc) is 2.74. The maximum atomic E-state index is 12.4. The maximum Gasteiger partial charge on any atom is 0.324 e. The van der Waals surface area contributed by atoms with Crippen molar-refractivity contribution in [2.45, 2.75) is 39.5 Å². The van der Waals surface area contributed by atoms with Crippen LogP contribution in [0.25, 0.3) is 0 Å². The molecule has 2 atom stereocenters. The number of hydrogen-bond acceptors (Lipinski definition) is 6. The van der Waals surface area contributed by atoms with E-state index in [1.54, 1.807) is 13.8 Å². The molecular weight excluding hydrogens is 262 g/mol. The van der Waals surface area contributed by atoms with E-state index in [0.29, 0.717) is 25.0 Å². The molecule has 2 bridgehead atoms. The van der Waals surface area contributed by atoms with Gasteiger partial charge in [-0.1, -0.05) is 5.16 Å². The highest BCUT2D eigenvalue weighted by Crippen LogP contribution is 2.54. The topological polar surface area (TPSA) is 85.2 Å². The molecule has 1 N–H and O–H groups in total. The Hall–Kier alpha value is -1.59. The number of carbonyl (C=O) groups is 2. The van der Waals surface area contributed by atoms with Crippen LogP contribution in [0.1, 0.15) is 39.5 Å². The van der Waals surface area contributed by atoms with Crippen molar-refractivity contribution in [2.75, 3.05) is 13.2 Å². The molecule has 0 aromatic rings. The fourth-order valence-corrected chi connectivity index (χ4v) is 3.56. The van der Waals surface area contributed by atoms with E-state index in [9.17, 15) is 9.59 Å². The van der Waals surface area contributed by atoms with Gasteiger partial charge in [0.15, 0.2) is 5.41 Å². The number of esters is 2. The predicted octanol–water partition coefficient (Wildman–Crippen LogP) is 1.75. The molecule has 2 aliphatic carbocycles. The van der Waals surface area contributed by atoms with Crippen LogP contribution in [-0.2, 0) is 19.1 Å². The van der Waals surface area contributed by atoms with Crippen LogP contribution in [0, 0.1) is 17.3 Å². The Balaban J connectivity index is 2.41. The molecule has 0 heterocycles. The molecule has 0 aromatic carbocycles. The van der Waals surface area contributed by atoms with Gasteiger partial charge in [0.2, 0.25) is 0 Å². The van der Waals surface area contributed by atoms with Crippen LogP contribution < -0.4 is 0 Å². The van der Waals surface area contributed by atoms with Crippen LogP contribution in [-0.4, -0.2) is 36.1 Å². The molecule has 2 rings (SSSR count). The second-order valence-corrected chi connectivity index (χ2v) is 5.40. The van der Waals surface area contributed by atoms with E-state index < -0.39 is 23.3 Å². The lowest BCUT2D eigenvalue weighted by molar-refractivity contribution is -0.173. The summed E-state index contributed by atoms with van der Waals surface area (Å²) in [5.41, 5.74) is -0.811. The van der Waals surface area contributed by atoms with E-state index in [-0.39, 0.29) is 19.1 Å². The van der Waals surface area contributed by atoms with Gasteiger partial charge < -0.3 is 14.7 Å². The predicted molar refractivity (Wildman–Crippen MR) is 70.4 cm³/mol. The van der Waals surface area contributed by atoms with Crippen LogP contribution in [0.4, 0.5) is 0 Å². The summed E-state index contributed by atoms with van der Waals surface area (Å²) in [6.45, 7) is 3.84. The van der Waals surface area contributed by atoms with Gasteiger partial charge in [0.25, 0.3) is 0 Å². The summed E-state index contributed by atoms with van der Waals surface area (Å²) in [5, 5.41) is 12.5. The molecule has 0 radical (unpaired) electrons. The zero-order valence-electron chi connectivity index (χ0n) is 11.9. The first kappa shape index (κ1) is 14.8. The van der Waals surface area contributed by atoms with E-state index in [0.717, 1.165) is 6.42 Å². The van der Waals surface area contributed by atoms with Crippen LogP contribution in [0.15, 0.2) is 5.16 Å². The second-order valence-electron chi connectivity index (χ2n) is 5.40. The van der Waals surface area contributed by atoms with E-state index >= 15 is 0 Å². The fourth-order valence-electron chi connectivity index (χ4n) is 3.56. The first-order chi connectivity index (χ1) is 9.59. The van der Waals surface area contributed by atoms with Gasteiger partial charge in [0, 0.05) is 5.92 Å². The van der Waals surface area contributed by atoms with E-state index in [1.807, 2.05) is 0 Å². The zero-order valence-corrected chi connectivity index (χ0v) is 11.9. The summed E-state index contributed by atoms with van der Waals surface area (Å²) in [6.07, 6.45) is 2.55. The number of nitrogens with zero attached hydrogens (tertiary/aromatic N) is 1. The summed E-state index contributed by atoms with van der Waals surface area (Å²) < 4.78 is 10.2. The van der Waals surface area contributed by atoms with Gasteiger partial charge in [-0.05, 0) is 45.4 Å². The highest BCUT2D eigenvalue weighted by atomic mass is 16.6. The van der Waals surface area contributed by atoms with Crippen molar-refractivity contribution in [1.82, 2.24) is 0 Å². The second kappa shape index (κ2) is 5.81. The van der Waals surface area contributed by atoms with Gasteiger partial charge in [0.05, 0.1) is 18.9 Å². The fraction of sp³-hybridized carbons (Fsp3) is 0.786. The number of ether oxygens (including phenoxy) is 2. The third kappa shape index (κ3) is 2.17. The minimum absolute atomic E-state index is 0.211. The monoisotopic (exact) mass is 283 g/mol. The Morgan fingerprint density at radius 1 is 1.30 bits per heavy atom. The number of oxime groups is 1. The molecular formula is C14H21NO5. The normalized spacial score (nSPS) is 29.2. The Kier molecular flexibility index (Phi) is 4.30. The highest BCUT2D eigenvalue weighted by Gasteiger charge is 2.63. The van der Waals surface area contributed by atoms with Gasteiger partial charge in [-0.15, -0.1) is 0 Å². The maximum absolute atomic E-state index is 12.4. The van der Waals surface area contributed by atoms with Gasteiger partial charge in [-0.2, -0.15) is 0 Å². The van der Waals surface area contributed by atoms with Gasteiger partial charge in [0.1, 0.15) is 0 Å². The molecule has 0 unspecified atom stereocenters. The van der Waals surface area contributed by atoms with Crippen LogP contribution in [0.3, 0.4) is 0 Å². The summed E-state index contributed by atoms with van der Waals surface area (Å²) in [4.78, 5) is 24.9. The van der Waals surface area contributed by atoms with E-state index in [4.69, 9.17) is 14.7 Å². The Labute approximate surface area is 118 Å². The first-order valence-electron chi connectivity index (χ1n) is 7.15. The molecule has 2 aliphatic rings. The molecule has 20 heavy (non-hydrogen) atoms. The zero-order chi connectivity index (χ0) is 14.8. The quantitative estimate of drug-likeness (QED) is 0.368. The first-order valence-corrected chi connectivity index (χ1v) is 7.15. The van der Waals surface area contributed by atoms with Crippen molar-refractivity contribution >= 4 is 17.7 Å². The molecule has 0 saturated heterocycles. The smallest absolute Gasteiger partial charge is 0.324 e. The molecule has 2 fully saturated rings. The number of fused-ring (bicyclic) bond motifs is 2. The summed E-state index contributed by atoms with van der Waals surface area (Å²) in [6, 6.07) is 0. The molecule has 0 aromatic heterocycles. The summed E-state index contributed by atoms with van der Waals surface area (Å²) >= 11 is 0. The SMILES string of the molecule is CCOC(=O)C1(C(=O)OCC)C[C@@H]2CC/C(=N\O)[C@H]1C2. The van der Waals surface area contributed by atoms with E-state index in [1.165, 1.54) is 0 Å². The van der Waals surface area contributed by atoms with Crippen LogP contribution >= 0.6 is 0 Å². The Bertz CT molecular complexity index is 413. The molecule has 0 amide bonds. The standard InChI is InChI=1S/C14H21NO5/c1-3-19-12(16)14(13(17)20-4-2)8-9-5-6-11(15-18)10(14)7-9/h9-10,18H,3-8H2,1-2H3/b15-11+/t9-,10-/m1/s1. The summed E-state index contributed by atoms with van der Waals surface area (Å²) in [5.74, 6) is -1.22. The third-order valence-corrected chi connectivity index (χ3v) is 4.39. The molecule has 0 spiro atoms. The van der Waals surface area contributed by atoms with Crippen molar-refractivity contribution in [3.63, 3.8) is 0 Å². The molecule has 2 saturated carbocycles. The van der Waals surface area contributed by atoms with E-state index in [2.05, 4.69) is 5.16 Å². The van der Waals surface area contributed by atoms with Crippen molar-refractivity contribution in [3.05, 3.63) is 0 Å². The molecule has 0 aliphatic heterocycles. The number of carbonyl (C=O) groups excluding carboxylic acids is 2. The average molecular weight is 283 g/mol. The van der Waals surface area contributed by atoms with Gasteiger partial charge >= 0.3 is 11.9 Å². The number of rotatable bonds is 4.